The van der Waals surface area contributed by atoms with Crippen molar-refractivity contribution in [2.24, 2.45) is 4.99 Å². The monoisotopic (exact) mass is 362 g/mol. The molecular formula is C21H18N2O4. The van der Waals surface area contributed by atoms with Crippen LogP contribution in [0.1, 0.15) is 36.7 Å². The summed E-state index contributed by atoms with van der Waals surface area (Å²) in [5.41, 5.74) is -0.926. The minimum atomic E-state index is -1.42. The van der Waals surface area contributed by atoms with Crippen LogP contribution in [0.2, 0.25) is 0 Å². The fraction of sp³-hybridized carbons (Fsp3) is 0.286. The number of anilines is 1. The Hall–Kier alpha value is -2.99. The molecule has 136 valence electrons. The summed E-state index contributed by atoms with van der Waals surface area (Å²) >= 11 is 0. The molecule has 0 aromatic heterocycles. The zero-order valence-electron chi connectivity index (χ0n) is 15.2. The van der Waals surface area contributed by atoms with Gasteiger partial charge in [-0.15, -0.1) is 0 Å². The number of carbonyl (C=O) groups excluding carboxylic acids is 2. The first-order chi connectivity index (χ1) is 12.8. The van der Waals surface area contributed by atoms with Gasteiger partial charge in [-0.3, -0.25) is 9.59 Å². The highest BCUT2D eigenvalue weighted by Crippen LogP contribution is 2.64. The van der Waals surface area contributed by atoms with Crippen molar-refractivity contribution >= 4 is 23.4 Å². The second-order valence-electron chi connectivity index (χ2n) is 7.36. The first-order valence-electron chi connectivity index (χ1n) is 8.83. The van der Waals surface area contributed by atoms with E-state index in [1.807, 2.05) is 13.0 Å². The molecule has 3 aliphatic heterocycles. The highest BCUT2D eigenvalue weighted by atomic mass is 16.8. The predicted molar refractivity (Wildman–Crippen MR) is 98.5 cm³/mol. The number of ether oxygens (including phenoxy) is 2. The van der Waals surface area contributed by atoms with Crippen molar-refractivity contribution < 1.29 is 19.1 Å². The van der Waals surface area contributed by atoms with Crippen molar-refractivity contribution in [3.63, 3.8) is 0 Å². The summed E-state index contributed by atoms with van der Waals surface area (Å²) in [5, 5.41) is 0. The van der Waals surface area contributed by atoms with E-state index in [0.717, 1.165) is 0 Å². The van der Waals surface area contributed by atoms with Gasteiger partial charge in [-0.1, -0.05) is 36.4 Å². The first kappa shape index (κ1) is 16.2. The first-order valence-corrected chi connectivity index (χ1v) is 8.83. The molecule has 5 rings (SSSR count). The fourth-order valence-electron chi connectivity index (χ4n) is 4.53. The Morgan fingerprint density at radius 1 is 0.963 bits per heavy atom. The van der Waals surface area contributed by atoms with Crippen molar-refractivity contribution in [2.45, 2.75) is 37.7 Å². The topological polar surface area (TPSA) is 68.2 Å². The van der Waals surface area contributed by atoms with Gasteiger partial charge in [0.05, 0.1) is 5.69 Å². The Morgan fingerprint density at radius 3 is 2.33 bits per heavy atom. The number of fused-ring (bicyclic) bond motifs is 4. The standard InChI is InChI=1S/C21H18N2O4/c1-13-22-19(2)20(3,26-13)27-21(19)16-12-8-7-11-15(16)17(24)23(18(21)25)14-9-5-4-6-10-14/h4-12H,1-3H3/t19-,20+,21-/m1/s1. The summed E-state index contributed by atoms with van der Waals surface area (Å²) < 4.78 is 12.0. The molecular weight excluding hydrogens is 344 g/mol. The third kappa shape index (κ3) is 1.67. The third-order valence-corrected chi connectivity index (χ3v) is 5.90. The number of para-hydroxylation sites is 1. The second kappa shape index (κ2) is 4.84. The SMILES string of the molecule is CC1=N[C@]2(C)[C@@](C)(O1)O[C@]21C(=O)N(c2ccccc2)C(=O)c2ccccc21. The number of benzene rings is 2. The number of nitrogens with zero attached hydrogens (tertiary/aromatic N) is 2. The fourth-order valence-corrected chi connectivity index (χ4v) is 4.53. The minimum Gasteiger partial charge on any atom is -0.447 e. The van der Waals surface area contributed by atoms with E-state index in [0.29, 0.717) is 22.7 Å². The van der Waals surface area contributed by atoms with E-state index in [9.17, 15) is 9.59 Å². The highest BCUT2D eigenvalue weighted by Gasteiger charge is 2.82. The lowest BCUT2D eigenvalue weighted by Gasteiger charge is -2.62. The average molecular weight is 362 g/mol. The molecule has 1 saturated heterocycles. The zero-order valence-corrected chi connectivity index (χ0v) is 15.2. The molecule has 0 saturated carbocycles. The van der Waals surface area contributed by atoms with Gasteiger partial charge in [-0.2, -0.15) is 0 Å². The summed E-state index contributed by atoms with van der Waals surface area (Å²) in [6.07, 6.45) is 0. The Balaban J connectivity index is 1.78. The number of aliphatic imine (C=N–C) groups is 1. The van der Waals surface area contributed by atoms with Crippen molar-refractivity contribution in [1.82, 2.24) is 0 Å². The molecule has 0 bridgehead atoms. The van der Waals surface area contributed by atoms with E-state index in [1.54, 1.807) is 62.4 Å². The molecule has 0 unspecified atom stereocenters. The lowest BCUT2D eigenvalue weighted by Crippen LogP contribution is -2.81. The van der Waals surface area contributed by atoms with Crippen molar-refractivity contribution in [3.8, 4) is 0 Å². The maximum Gasteiger partial charge on any atom is 0.273 e. The van der Waals surface area contributed by atoms with Gasteiger partial charge >= 0.3 is 0 Å². The summed E-state index contributed by atoms with van der Waals surface area (Å²) in [4.78, 5) is 32.8. The van der Waals surface area contributed by atoms with Crippen LogP contribution >= 0.6 is 0 Å². The molecule has 0 aliphatic carbocycles. The van der Waals surface area contributed by atoms with Gasteiger partial charge < -0.3 is 9.47 Å². The zero-order chi connectivity index (χ0) is 19.0. The van der Waals surface area contributed by atoms with E-state index in [-0.39, 0.29) is 5.91 Å². The Kier molecular flexibility index (Phi) is 2.90. The number of imide groups is 1. The highest BCUT2D eigenvalue weighted by molar-refractivity contribution is 6.27. The molecule has 2 aromatic rings. The number of rotatable bonds is 1. The number of hydrogen-bond acceptors (Lipinski definition) is 5. The predicted octanol–water partition coefficient (Wildman–Crippen LogP) is 3.02. The van der Waals surface area contributed by atoms with Crippen LogP contribution in [0.4, 0.5) is 5.69 Å². The molecule has 2 amide bonds. The quantitative estimate of drug-likeness (QED) is 0.732. The molecule has 3 aliphatic rings. The van der Waals surface area contributed by atoms with Gasteiger partial charge in [0, 0.05) is 25.0 Å². The largest absolute Gasteiger partial charge is 0.447 e. The van der Waals surface area contributed by atoms with Crippen LogP contribution in [0.15, 0.2) is 59.6 Å². The molecule has 0 N–H and O–H groups in total. The number of amides is 2. The van der Waals surface area contributed by atoms with Crippen molar-refractivity contribution in [3.05, 3.63) is 65.7 Å². The van der Waals surface area contributed by atoms with E-state index >= 15 is 0 Å². The van der Waals surface area contributed by atoms with Crippen molar-refractivity contribution in [2.75, 3.05) is 4.90 Å². The average Bonchev–Trinajstić information content (AvgIpc) is 2.83. The summed E-state index contributed by atoms with van der Waals surface area (Å²) in [6, 6.07) is 15.9. The van der Waals surface area contributed by atoms with Crippen LogP contribution in [0.5, 0.6) is 0 Å². The van der Waals surface area contributed by atoms with Crippen LogP contribution in [0.3, 0.4) is 0 Å². The van der Waals surface area contributed by atoms with E-state index in [2.05, 4.69) is 4.99 Å². The molecule has 6 heteroatoms. The van der Waals surface area contributed by atoms with Crippen molar-refractivity contribution in [1.29, 1.82) is 0 Å². The molecule has 27 heavy (non-hydrogen) atoms. The van der Waals surface area contributed by atoms with E-state index < -0.39 is 22.8 Å². The lowest BCUT2D eigenvalue weighted by atomic mass is 9.63. The molecule has 0 radical (unpaired) electrons. The van der Waals surface area contributed by atoms with Crippen LogP contribution in [-0.4, -0.2) is 29.0 Å². The molecule has 6 nitrogen and oxygen atoms in total. The molecule has 1 spiro atoms. The maximum absolute atomic E-state index is 13.8. The van der Waals surface area contributed by atoms with Gasteiger partial charge in [0.1, 0.15) is 0 Å². The summed E-state index contributed by atoms with van der Waals surface area (Å²) in [6.45, 7) is 5.36. The summed E-state index contributed by atoms with van der Waals surface area (Å²) in [7, 11) is 0. The van der Waals surface area contributed by atoms with Crippen LogP contribution in [0, 0.1) is 0 Å². The minimum absolute atomic E-state index is 0.368. The van der Waals surface area contributed by atoms with Gasteiger partial charge in [0.25, 0.3) is 11.8 Å². The van der Waals surface area contributed by atoms with Crippen LogP contribution < -0.4 is 4.90 Å². The number of carbonyl (C=O) groups is 2. The Labute approximate surface area is 156 Å². The van der Waals surface area contributed by atoms with E-state index in [1.165, 1.54) is 4.90 Å². The smallest absolute Gasteiger partial charge is 0.273 e. The number of hydrogen-bond donors (Lipinski definition) is 0. The summed E-state index contributed by atoms with van der Waals surface area (Å²) in [5.74, 6) is -1.40. The molecule has 1 fully saturated rings. The van der Waals surface area contributed by atoms with Gasteiger partial charge in [0.15, 0.2) is 11.4 Å². The van der Waals surface area contributed by atoms with Crippen LogP contribution in [0.25, 0.3) is 0 Å². The third-order valence-electron chi connectivity index (χ3n) is 5.90. The second-order valence-corrected chi connectivity index (χ2v) is 7.36. The molecule has 3 heterocycles. The Morgan fingerprint density at radius 2 is 1.63 bits per heavy atom. The Bertz CT molecular complexity index is 1030. The van der Waals surface area contributed by atoms with Gasteiger partial charge in [-0.05, 0) is 25.1 Å². The van der Waals surface area contributed by atoms with Gasteiger partial charge in [-0.25, -0.2) is 9.89 Å². The van der Waals surface area contributed by atoms with Gasteiger partial charge in [0.2, 0.25) is 11.4 Å². The maximum atomic E-state index is 13.8. The lowest BCUT2D eigenvalue weighted by molar-refractivity contribution is -0.379. The molecule has 2 aromatic carbocycles. The molecule has 3 atom stereocenters. The van der Waals surface area contributed by atoms with Crippen LogP contribution in [-0.2, 0) is 19.9 Å². The van der Waals surface area contributed by atoms with E-state index in [4.69, 9.17) is 9.47 Å². The normalized spacial score (nSPS) is 33.9.